The van der Waals surface area contributed by atoms with Crippen LogP contribution in [0.25, 0.3) is 5.78 Å². The number of nitrogens with one attached hydrogen (secondary N) is 1. The lowest BCUT2D eigenvalue weighted by molar-refractivity contribution is 0.0154. The summed E-state index contributed by atoms with van der Waals surface area (Å²) in [5.74, 6) is 0.260. The molecule has 1 amide bonds. The maximum atomic E-state index is 13.3. The van der Waals surface area contributed by atoms with E-state index in [1.807, 2.05) is 20.0 Å². The Kier molecular flexibility index (Phi) is 4.64. The highest BCUT2D eigenvalue weighted by atomic mass is 16.5. The average Bonchev–Trinajstić information content (AvgIpc) is 3.33. The standard InChI is InChI=1S/C25H29N5O4/c1-4-15(2)34-21-17(20(31)26-18-6-5-9-30(22(18)32)16-7-8-16)10-29-11-19(27-23(29)28-21)25-12-24(3,13-25)33-14-25/h5-6,9-11,15-16H,4,7-8,12-14H2,1-3H3,(H,26,31)/t15-,24?,25?/m1/s1. The number of amides is 1. The number of ether oxygens (including phenoxy) is 2. The van der Waals surface area contributed by atoms with E-state index >= 15 is 0 Å². The molecule has 7 rings (SSSR count). The fraction of sp³-hybridized carbons (Fsp3) is 0.520. The summed E-state index contributed by atoms with van der Waals surface area (Å²) in [6, 6.07) is 3.64. The maximum absolute atomic E-state index is 13.3. The predicted octanol–water partition coefficient (Wildman–Crippen LogP) is 3.48. The van der Waals surface area contributed by atoms with Gasteiger partial charge in [0.05, 0.1) is 24.0 Å². The van der Waals surface area contributed by atoms with Crippen LogP contribution in [-0.2, 0) is 10.2 Å². The Bertz CT molecular complexity index is 1350. The molecule has 4 aliphatic rings. The van der Waals surface area contributed by atoms with Crippen molar-refractivity contribution < 1.29 is 14.3 Å². The summed E-state index contributed by atoms with van der Waals surface area (Å²) in [7, 11) is 0. The molecule has 0 spiro atoms. The molecule has 3 aromatic heterocycles. The van der Waals surface area contributed by atoms with Gasteiger partial charge in [-0.25, -0.2) is 4.98 Å². The van der Waals surface area contributed by atoms with Crippen LogP contribution in [0.15, 0.2) is 35.5 Å². The van der Waals surface area contributed by atoms with Crippen molar-refractivity contribution in [2.45, 2.75) is 76.0 Å². The van der Waals surface area contributed by atoms with Gasteiger partial charge in [-0.1, -0.05) is 6.92 Å². The minimum Gasteiger partial charge on any atom is -0.474 e. The number of imidazole rings is 1. The van der Waals surface area contributed by atoms with E-state index in [0.717, 1.165) is 37.8 Å². The van der Waals surface area contributed by atoms with Crippen LogP contribution in [0, 0.1) is 0 Å². The molecule has 1 atom stereocenters. The van der Waals surface area contributed by atoms with E-state index in [9.17, 15) is 9.59 Å². The van der Waals surface area contributed by atoms with Crippen LogP contribution in [0.4, 0.5) is 5.69 Å². The minimum absolute atomic E-state index is 0.0534. The topological polar surface area (TPSA) is 99.8 Å². The van der Waals surface area contributed by atoms with Gasteiger partial charge in [-0.15, -0.1) is 0 Å². The highest BCUT2D eigenvalue weighted by Crippen LogP contribution is 2.58. The second-order valence-electron chi connectivity index (χ2n) is 10.3. The number of carbonyl (C=O) groups excluding carboxylic acids is 1. The molecule has 5 heterocycles. The van der Waals surface area contributed by atoms with Crippen molar-refractivity contribution in [3.05, 3.63) is 52.3 Å². The first kappa shape index (κ1) is 21.3. The molecule has 2 bridgehead atoms. The molecule has 0 unspecified atom stereocenters. The Balaban J connectivity index is 1.36. The predicted molar refractivity (Wildman–Crippen MR) is 126 cm³/mol. The first-order valence-corrected chi connectivity index (χ1v) is 12.0. The first-order valence-electron chi connectivity index (χ1n) is 12.0. The molecule has 2 aliphatic carbocycles. The Morgan fingerprint density at radius 2 is 2.12 bits per heavy atom. The van der Waals surface area contributed by atoms with Crippen molar-refractivity contribution in [2.24, 2.45) is 0 Å². The molecule has 1 N–H and O–H groups in total. The largest absolute Gasteiger partial charge is 0.474 e. The summed E-state index contributed by atoms with van der Waals surface area (Å²) in [6.45, 7) is 6.72. The van der Waals surface area contributed by atoms with Crippen LogP contribution in [0.5, 0.6) is 5.88 Å². The quantitative estimate of drug-likeness (QED) is 0.576. The van der Waals surface area contributed by atoms with Crippen LogP contribution >= 0.6 is 0 Å². The van der Waals surface area contributed by atoms with Gasteiger partial charge in [0.15, 0.2) is 0 Å². The molecular weight excluding hydrogens is 434 g/mol. The van der Waals surface area contributed by atoms with Gasteiger partial charge in [0, 0.05) is 30.0 Å². The van der Waals surface area contributed by atoms with Gasteiger partial charge in [-0.05, 0) is 58.1 Å². The van der Waals surface area contributed by atoms with E-state index in [-0.39, 0.29) is 45.9 Å². The van der Waals surface area contributed by atoms with Crippen molar-refractivity contribution in [2.75, 3.05) is 11.9 Å². The van der Waals surface area contributed by atoms with Crippen molar-refractivity contribution in [3.8, 4) is 5.88 Å². The van der Waals surface area contributed by atoms with E-state index in [2.05, 4.69) is 17.2 Å². The van der Waals surface area contributed by atoms with E-state index in [1.165, 1.54) is 0 Å². The summed E-state index contributed by atoms with van der Waals surface area (Å²) in [5, 5.41) is 2.78. The van der Waals surface area contributed by atoms with Crippen LogP contribution in [0.3, 0.4) is 0 Å². The van der Waals surface area contributed by atoms with Gasteiger partial charge in [0.1, 0.15) is 11.3 Å². The van der Waals surface area contributed by atoms with Gasteiger partial charge in [0.2, 0.25) is 11.7 Å². The molecule has 0 radical (unpaired) electrons. The third kappa shape index (κ3) is 3.41. The number of pyridine rings is 1. The molecule has 2 saturated carbocycles. The Labute approximate surface area is 197 Å². The number of anilines is 1. The van der Waals surface area contributed by atoms with E-state index in [0.29, 0.717) is 12.4 Å². The number of nitrogens with zero attached hydrogens (tertiary/aromatic N) is 4. The summed E-state index contributed by atoms with van der Waals surface area (Å²) in [6.07, 6.45) is 9.88. The molecule has 9 nitrogen and oxygen atoms in total. The zero-order chi connectivity index (χ0) is 23.7. The highest BCUT2D eigenvalue weighted by molar-refractivity contribution is 6.05. The normalized spacial score (nSPS) is 26.3. The van der Waals surface area contributed by atoms with E-state index in [4.69, 9.17) is 14.5 Å². The smallest absolute Gasteiger partial charge is 0.274 e. The monoisotopic (exact) mass is 463 g/mol. The molecule has 0 aromatic carbocycles. The van der Waals surface area contributed by atoms with Gasteiger partial charge in [-0.3, -0.25) is 14.0 Å². The van der Waals surface area contributed by atoms with Crippen LogP contribution < -0.4 is 15.6 Å². The van der Waals surface area contributed by atoms with E-state index in [1.54, 1.807) is 33.5 Å². The third-order valence-electron chi connectivity index (χ3n) is 7.37. The van der Waals surface area contributed by atoms with Crippen molar-refractivity contribution in [1.29, 1.82) is 0 Å². The van der Waals surface area contributed by atoms with Gasteiger partial charge >= 0.3 is 0 Å². The molecule has 178 valence electrons. The van der Waals surface area contributed by atoms with Crippen molar-refractivity contribution in [3.63, 3.8) is 0 Å². The second-order valence-corrected chi connectivity index (χ2v) is 10.3. The number of hydrogen-bond acceptors (Lipinski definition) is 6. The third-order valence-corrected chi connectivity index (χ3v) is 7.37. The molecule has 2 saturated heterocycles. The molecule has 9 heteroatoms. The van der Waals surface area contributed by atoms with Crippen molar-refractivity contribution >= 4 is 17.4 Å². The molecular formula is C25H29N5O4. The first-order chi connectivity index (χ1) is 16.3. The van der Waals surface area contributed by atoms with Gasteiger partial charge in [-0.2, -0.15) is 4.98 Å². The van der Waals surface area contributed by atoms with Gasteiger partial charge in [0.25, 0.3) is 11.5 Å². The lowest BCUT2D eigenvalue weighted by Gasteiger charge is -2.41. The number of carbonyl (C=O) groups is 1. The molecule has 3 aromatic rings. The number of fused-ring (bicyclic) bond motifs is 2. The SMILES string of the molecule is CC[C@@H](C)Oc1nc2nc(C34COC(C)(C3)C4)cn2cc1C(=O)Nc1cccn(C2CC2)c1=O. The molecule has 2 aliphatic heterocycles. The number of rotatable bonds is 7. The lowest BCUT2D eigenvalue weighted by atomic mass is 9.62. The Morgan fingerprint density at radius 1 is 1.32 bits per heavy atom. The van der Waals surface area contributed by atoms with E-state index < -0.39 is 5.91 Å². The Morgan fingerprint density at radius 3 is 2.79 bits per heavy atom. The molecule has 4 fully saturated rings. The zero-order valence-corrected chi connectivity index (χ0v) is 19.7. The number of aromatic nitrogens is 4. The summed E-state index contributed by atoms with van der Waals surface area (Å²) >= 11 is 0. The number of hydrogen-bond donors (Lipinski definition) is 1. The summed E-state index contributed by atoms with van der Waals surface area (Å²) < 4.78 is 15.4. The lowest BCUT2D eigenvalue weighted by Crippen LogP contribution is -2.45. The average molecular weight is 464 g/mol. The zero-order valence-electron chi connectivity index (χ0n) is 19.7. The summed E-state index contributed by atoms with van der Waals surface area (Å²) in [5.41, 5.74) is 1.10. The van der Waals surface area contributed by atoms with Crippen LogP contribution in [0.2, 0.25) is 0 Å². The summed E-state index contributed by atoms with van der Waals surface area (Å²) in [4.78, 5) is 35.5. The minimum atomic E-state index is -0.438. The van der Waals surface area contributed by atoms with Crippen LogP contribution in [0.1, 0.15) is 75.0 Å². The van der Waals surface area contributed by atoms with Crippen molar-refractivity contribution in [1.82, 2.24) is 18.9 Å². The second kappa shape index (κ2) is 7.40. The van der Waals surface area contributed by atoms with Gasteiger partial charge < -0.3 is 19.4 Å². The molecule has 34 heavy (non-hydrogen) atoms. The Hall–Kier alpha value is -3.20. The van der Waals surface area contributed by atoms with Crippen LogP contribution in [-0.4, -0.2) is 43.2 Å². The maximum Gasteiger partial charge on any atom is 0.274 e. The fourth-order valence-electron chi connectivity index (χ4n) is 5.27. The fourth-order valence-corrected chi connectivity index (χ4v) is 5.27. The highest BCUT2D eigenvalue weighted by Gasteiger charge is 2.61.